The first-order valence-electron chi connectivity index (χ1n) is 5.11. The van der Waals surface area contributed by atoms with Crippen LogP contribution in [0.25, 0.3) is 0 Å². The summed E-state index contributed by atoms with van der Waals surface area (Å²) in [6.45, 7) is 2.07. The van der Waals surface area contributed by atoms with E-state index < -0.39 is 5.97 Å². The lowest BCUT2D eigenvalue weighted by Crippen LogP contribution is -2.04. The molecule has 0 radical (unpaired) electrons. The van der Waals surface area contributed by atoms with Gasteiger partial charge in [0, 0.05) is 5.56 Å². The van der Waals surface area contributed by atoms with Crippen LogP contribution in [0.3, 0.4) is 0 Å². The van der Waals surface area contributed by atoms with Crippen LogP contribution >= 0.6 is 0 Å². The van der Waals surface area contributed by atoms with E-state index in [0.29, 0.717) is 17.7 Å². The number of hydrogen-bond donors (Lipinski definition) is 1. The summed E-state index contributed by atoms with van der Waals surface area (Å²) in [4.78, 5) is 21.6. The van der Waals surface area contributed by atoms with Crippen LogP contribution in [-0.2, 0) is 9.53 Å². The van der Waals surface area contributed by atoms with E-state index in [4.69, 9.17) is 9.84 Å². The van der Waals surface area contributed by atoms with Gasteiger partial charge in [0.05, 0.1) is 12.2 Å². The van der Waals surface area contributed by atoms with Crippen molar-refractivity contribution in [2.75, 3.05) is 6.61 Å². The van der Waals surface area contributed by atoms with E-state index in [9.17, 15) is 9.59 Å². The molecule has 0 atom stereocenters. The van der Waals surface area contributed by atoms with Crippen molar-refractivity contribution < 1.29 is 19.4 Å². The van der Waals surface area contributed by atoms with Gasteiger partial charge in [-0.05, 0) is 31.2 Å². The van der Waals surface area contributed by atoms with Crippen molar-refractivity contribution in [3.05, 3.63) is 35.4 Å². The summed E-state index contributed by atoms with van der Waals surface area (Å²) in [6, 6.07) is 6.51. The Bertz CT molecular complexity index is 462. The molecule has 0 aliphatic heterocycles. The Morgan fingerprint density at radius 3 is 2.47 bits per heavy atom. The number of carbonyl (C=O) groups excluding carboxylic acids is 1. The molecule has 0 fully saturated rings. The molecule has 88 valence electrons. The van der Waals surface area contributed by atoms with E-state index in [0.717, 1.165) is 0 Å². The molecule has 1 rings (SSSR count). The lowest BCUT2D eigenvalue weighted by Gasteiger charge is -2.00. The highest BCUT2D eigenvalue weighted by Gasteiger charge is 2.04. The molecule has 1 N–H and O–H groups in total. The van der Waals surface area contributed by atoms with E-state index in [-0.39, 0.29) is 12.4 Å². The predicted molar refractivity (Wildman–Crippen MR) is 61.5 cm³/mol. The summed E-state index contributed by atoms with van der Waals surface area (Å²) in [5.74, 6) is 3.87. The van der Waals surface area contributed by atoms with Gasteiger partial charge in [-0.3, -0.25) is 4.79 Å². The molecule has 4 heteroatoms. The average Bonchev–Trinajstić information content (AvgIpc) is 2.30. The van der Waals surface area contributed by atoms with Crippen molar-refractivity contribution in [2.45, 2.75) is 13.3 Å². The lowest BCUT2D eigenvalue weighted by molar-refractivity contribution is -0.135. The summed E-state index contributed by atoms with van der Waals surface area (Å²) in [5, 5.41) is 8.40. The topological polar surface area (TPSA) is 63.6 Å². The molecular formula is C13H12O4. The van der Waals surface area contributed by atoms with E-state index >= 15 is 0 Å². The fourth-order valence-corrected chi connectivity index (χ4v) is 1.13. The van der Waals surface area contributed by atoms with Crippen molar-refractivity contribution in [1.29, 1.82) is 0 Å². The van der Waals surface area contributed by atoms with Gasteiger partial charge in [-0.2, -0.15) is 0 Å². The van der Waals surface area contributed by atoms with Gasteiger partial charge in [-0.15, -0.1) is 0 Å². The van der Waals surface area contributed by atoms with Crippen molar-refractivity contribution in [2.24, 2.45) is 0 Å². The average molecular weight is 232 g/mol. The Labute approximate surface area is 99.2 Å². The molecule has 0 saturated carbocycles. The molecule has 0 bridgehead atoms. The van der Waals surface area contributed by atoms with Crippen LogP contribution in [0, 0.1) is 11.8 Å². The first-order valence-corrected chi connectivity index (χ1v) is 5.11. The molecule has 0 heterocycles. The Morgan fingerprint density at radius 1 is 1.29 bits per heavy atom. The molecule has 0 aromatic heterocycles. The minimum absolute atomic E-state index is 0.195. The van der Waals surface area contributed by atoms with Crippen LogP contribution in [0.4, 0.5) is 0 Å². The highest BCUT2D eigenvalue weighted by atomic mass is 16.5. The van der Waals surface area contributed by atoms with E-state index in [2.05, 4.69) is 11.8 Å². The van der Waals surface area contributed by atoms with Gasteiger partial charge in [0.15, 0.2) is 0 Å². The zero-order chi connectivity index (χ0) is 12.7. The second-order valence-electron chi connectivity index (χ2n) is 3.17. The number of rotatable bonds is 3. The fraction of sp³-hybridized carbons (Fsp3) is 0.231. The first-order chi connectivity index (χ1) is 8.13. The van der Waals surface area contributed by atoms with Crippen LogP contribution in [0.1, 0.15) is 29.3 Å². The molecule has 0 unspecified atom stereocenters. The van der Waals surface area contributed by atoms with Gasteiger partial charge in [0.1, 0.15) is 6.42 Å². The van der Waals surface area contributed by atoms with Crippen molar-refractivity contribution in [3.8, 4) is 11.8 Å². The number of esters is 1. The summed E-state index contributed by atoms with van der Waals surface area (Å²) in [7, 11) is 0. The molecule has 1 aromatic rings. The van der Waals surface area contributed by atoms with Crippen LogP contribution in [0.2, 0.25) is 0 Å². The molecular weight excluding hydrogens is 220 g/mol. The molecule has 0 aliphatic rings. The SMILES string of the molecule is CCOC(=O)c1ccc(C#CCC(=O)O)cc1. The quantitative estimate of drug-likeness (QED) is 0.636. The first kappa shape index (κ1) is 12.8. The minimum Gasteiger partial charge on any atom is -0.481 e. The number of carboxylic acids is 1. The van der Waals surface area contributed by atoms with Crippen LogP contribution < -0.4 is 0 Å². The van der Waals surface area contributed by atoms with Gasteiger partial charge in [0.2, 0.25) is 0 Å². The fourth-order valence-electron chi connectivity index (χ4n) is 1.13. The second-order valence-corrected chi connectivity index (χ2v) is 3.17. The number of hydrogen-bond acceptors (Lipinski definition) is 3. The van der Waals surface area contributed by atoms with Crippen molar-refractivity contribution in [1.82, 2.24) is 0 Å². The monoisotopic (exact) mass is 232 g/mol. The standard InChI is InChI=1S/C13H12O4/c1-2-17-13(16)11-8-6-10(7-9-11)4-3-5-12(14)15/h6-9H,2,5H2,1H3,(H,14,15). The van der Waals surface area contributed by atoms with Gasteiger partial charge in [-0.1, -0.05) is 11.8 Å². The third kappa shape index (κ3) is 4.39. The summed E-state index contributed by atoms with van der Waals surface area (Å²) in [5.41, 5.74) is 1.12. The van der Waals surface area contributed by atoms with Gasteiger partial charge in [0.25, 0.3) is 0 Å². The number of carbonyl (C=O) groups is 2. The van der Waals surface area contributed by atoms with Crippen molar-refractivity contribution in [3.63, 3.8) is 0 Å². The maximum atomic E-state index is 11.3. The zero-order valence-corrected chi connectivity index (χ0v) is 9.40. The summed E-state index contributed by atoms with van der Waals surface area (Å²) in [6.07, 6.45) is -0.195. The van der Waals surface area contributed by atoms with Crippen LogP contribution in [0.5, 0.6) is 0 Å². The van der Waals surface area contributed by atoms with Gasteiger partial charge in [-0.25, -0.2) is 4.79 Å². The number of benzene rings is 1. The minimum atomic E-state index is -0.958. The van der Waals surface area contributed by atoms with Gasteiger partial charge < -0.3 is 9.84 Å². The Kier molecular flexibility index (Phi) is 4.77. The zero-order valence-electron chi connectivity index (χ0n) is 9.40. The number of carboxylic acid groups (broad SMARTS) is 1. The smallest absolute Gasteiger partial charge is 0.338 e. The third-order valence-electron chi connectivity index (χ3n) is 1.87. The Hall–Kier alpha value is -2.28. The third-order valence-corrected chi connectivity index (χ3v) is 1.87. The summed E-state index contributed by atoms with van der Waals surface area (Å²) < 4.78 is 4.83. The molecule has 1 aromatic carbocycles. The van der Waals surface area contributed by atoms with Gasteiger partial charge >= 0.3 is 11.9 Å². The largest absolute Gasteiger partial charge is 0.481 e. The Balaban J connectivity index is 2.70. The molecule has 0 spiro atoms. The highest BCUT2D eigenvalue weighted by Crippen LogP contribution is 2.05. The van der Waals surface area contributed by atoms with E-state index in [1.165, 1.54) is 0 Å². The highest BCUT2D eigenvalue weighted by molar-refractivity contribution is 5.89. The molecule has 4 nitrogen and oxygen atoms in total. The molecule has 0 amide bonds. The molecule has 0 saturated heterocycles. The molecule has 17 heavy (non-hydrogen) atoms. The summed E-state index contributed by atoms with van der Waals surface area (Å²) >= 11 is 0. The predicted octanol–water partition coefficient (Wildman–Crippen LogP) is 1.69. The maximum Gasteiger partial charge on any atom is 0.338 e. The van der Waals surface area contributed by atoms with E-state index in [1.807, 2.05) is 0 Å². The van der Waals surface area contributed by atoms with Crippen LogP contribution in [-0.4, -0.2) is 23.7 Å². The van der Waals surface area contributed by atoms with Crippen LogP contribution in [0.15, 0.2) is 24.3 Å². The second kappa shape index (κ2) is 6.33. The maximum absolute atomic E-state index is 11.3. The lowest BCUT2D eigenvalue weighted by atomic mass is 10.1. The van der Waals surface area contributed by atoms with Crippen molar-refractivity contribution >= 4 is 11.9 Å². The number of aliphatic carboxylic acids is 1. The Morgan fingerprint density at radius 2 is 1.94 bits per heavy atom. The normalized spacial score (nSPS) is 9.00. The molecule has 0 aliphatic carbocycles. The number of ether oxygens (including phenoxy) is 1. The van der Waals surface area contributed by atoms with E-state index in [1.54, 1.807) is 31.2 Å².